The molecule has 2 rings (SSSR count). The second-order valence-electron chi connectivity index (χ2n) is 2.84. The standard InChI is InChI=1S/C7H3BrF3N3O2S/c1-16-6-13-14-4(15)2(8)3(7(9,10)11)12-5(14)17-6/h1H3. The summed E-state index contributed by atoms with van der Waals surface area (Å²) < 4.78 is 42.5. The highest BCUT2D eigenvalue weighted by atomic mass is 79.9. The third-order valence-electron chi connectivity index (χ3n) is 1.78. The van der Waals surface area contributed by atoms with Crippen molar-refractivity contribution in [2.45, 2.75) is 6.18 Å². The summed E-state index contributed by atoms with van der Waals surface area (Å²) in [6.07, 6.45) is -4.70. The van der Waals surface area contributed by atoms with Crippen LogP contribution in [-0.2, 0) is 6.18 Å². The lowest BCUT2D eigenvalue weighted by molar-refractivity contribution is -0.141. The van der Waals surface area contributed by atoms with E-state index in [4.69, 9.17) is 4.74 Å². The van der Waals surface area contributed by atoms with Crippen LogP contribution >= 0.6 is 27.3 Å². The number of methoxy groups -OCH3 is 1. The maximum absolute atomic E-state index is 12.6. The second kappa shape index (κ2) is 3.95. The van der Waals surface area contributed by atoms with Gasteiger partial charge in [0.2, 0.25) is 4.96 Å². The third-order valence-corrected chi connectivity index (χ3v) is 3.36. The molecule has 5 nitrogen and oxygen atoms in total. The Hall–Kier alpha value is -1.16. The van der Waals surface area contributed by atoms with Crippen LogP contribution < -0.4 is 10.3 Å². The van der Waals surface area contributed by atoms with Crippen molar-refractivity contribution in [2.24, 2.45) is 0 Å². The SMILES string of the molecule is COc1nn2c(=O)c(Br)c(C(F)(F)F)nc2s1. The lowest BCUT2D eigenvalue weighted by Crippen LogP contribution is -2.22. The molecule has 2 aromatic rings. The van der Waals surface area contributed by atoms with Crippen molar-refractivity contribution in [1.29, 1.82) is 0 Å². The Morgan fingerprint density at radius 2 is 2.12 bits per heavy atom. The van der Waals surface area contributed by atoms with Gasteiger partial charge in [0.25, 0.3) is 10.8 Å². The molecule has 0 spiro atoms. The maximum atomic E-state index is 12.6. The van der Waals surface area contributed by atoms with Crippen LogP contribution in [0.1, 0.15) is 5.69 Å². The Morgan fingerprint density at radius 3 is 2.65 bits per heavy atom. The first kappa shape index (κ1) is 12.3. The van der Waals surface area contributed by atoms with Crippen LogP contribution in [0.5, 0.6) is 5.19 Å². The number of fused-ring (bicyclic) bond motifs is 1. The van der Waals surface area contributed by atoms with Crippen LogP contribution in [0, 0.1) is 0 Å². The summed E-state index contributed by atoms with van der Waals surface area (Å²) in [6.45, 7) is 0. The number of hydrogen-bond acceptors (Lipinski definition) is 5. The van der Waals surface area contributed by atoms with E-state index in [1.807, 2.05) is 0 Å². The van der Waals surface area contributed by atoms with E-state index in [1.165, 1.54) is 7.11 Å². The normalized spacial score (nSPS) is 12.1. The topological polar surface area (TPSA) is 56.5 Å². The van der Waals surface area contributed by atoms with Gasteiger partial charge in [0, 0.05) is 0 Å². The minimum absolute atomic E-state index is 0.0563. The molecule has 0 saturated heterocycles. The van der Waals surface area contributed by atoms with E-state index in [1.54, 1.807) is 0 Å². The van der Waals surface area contributed by atoms with Crippen molar-refractivity contribution in [3.8, 4) is 5.19 Å². The fourth-order valence-electron chi connectivity index (χ4n) is 1.08. The fourth-order valence-corrected chi connectivity index (χ4v) is 2.27. The number of ether oxygens (including phenoxy) is 1. The average Bonchev–Trinajstić information content (AvgIpc) is 2.65. The van der Waals surface area contributed by atoms with Crippen molar-refractivity contribution in [3.05, 3.63) is 20.5 Å². The second-order valence-corrected chi connectivity index (χ2v) is 4.56. The van der Waals surface area contributed by atoms with E-state index >= 15 is 0 Å². The van der Waals surface area contributed by atoms with Crippen molar-refractivity contribution in [1.82, 2.24) is 14.6 Å². The smallest absolute Gasteiger partial charge is 0.434 e. The zero-order valence-corrected chi connectivity index (χ0v) is 10.5. The molecule has 2 heterocycles. The molecule has 10 heteroatoms. The largest absolute Gasteiger partial charge is 0.472 e. The summed E-state index contributed by atoms with van der Waals surface area (Å²) in [6, 6.07) is 0. The molecule has 0 radical (unpaired) electrons. The molecule has 0 fully saturated rings. The zero-order valence-electron chi connectivity index (χ0n) is 8.08. The van der Waals surface area contributed by atoms with Crippen LogP contribution in [0.2, 0.25) is 0 Å². The molecule has 0 atom stereocenters. The van der Waals surface area contributed by atoms with Gasteiger partial charge in [-0.1, -0.05) is 0 Å². The lowest BCUT2D eigenvalue weighted by atomic mass is 10.4. The van der Waals surface area contributed by atoms with Gasteiger partial charge >= 0.3 is 6.18 Å². The third kappa shape index (κ3) is 2.02. The highest BCUT2D eigenvalue weighted by Crippen LogP contribution is 2.32. The van der Waals surface area contributed by atoms with Crippen LogP contribution in [0.15, 0.2) is 9.27 Å². The number of aromatic nitrogens is 3. The van der Waals surface area contributed by atoms with Gasteiger partial charge in [-0.25, -0.2) is 4.98 Å². The van der Waals surface area contributed by atoms with E-state index in [0.717, 1.165) is 15.9 Å². The van der Waals surface area contributed by atoms with Gasteiger partial charge in [0.05, 0.1) is 7.11 Å². The van der Waals surface area contributed by atoms with Gasteiger partial charge in [0.1, 0.15) is 4.47 Å². The van der Waals surface area contributed by atoms with Gasteiger partial charge in [-0.3, -0.25) is 4.79 Å². The molecule has 0 aromatic carbocycles. The van der Waals surface area contributed by atoms with E-state index in [2.05, 4.69) is 26.0 Å². The lowest BCUT2D eigenvalue weighted by Gasteiger charge is -2.06. The molecule has 0 aliphatic heterocycles. The number of alkyl halides is 3. The molecule has 0 unspecified atom stereocenters. The molecular weight excluding hydrogens is 327 g/mol. The molecule has 92 valence electrons. The Bertz CT molecular complexity index is 636. The first-order valence-electron chi connectivity index (χ1n) is 4.05. The van der Waals surface area contributed by atoms with Crippen molar-refractivity contribution < 1.29 is 17.9 Å². The minimum atomic E-state index is -4.70. The predicted molar refractivity (Wildman–Crippen MR) is 56.4 cm³/mol. The monoisotopic (exact) mass is 329 g/mol. The number of nitrogens with zero attached hydrogens (tertiary/aromatic N) is 3. The molecule has 0 amide bonds. The summed E-state index contributed by atoms with van der Waals surface area (Å²) in [4.78, 5) is 14.8. The quantitative estimate of drug-likeness (QED) is 0.802. The summed E-state index contributed by atoms with van der Waals surface area (Å²) >= 11 is 3.32. The predicted octanol–water partition coefficient (Wildman–Crippen LogP) is 1.94. The van der Waals surface area contributed by atoms with Crippen LogP contribution in [0.3, 0.4) is 0 Å². The number of hydrogen-bond donors (Lipinski definition) is 0. The van der Waals surface area contributed by atoms with Gasteiger partial charge in [-0.15, -0.1) is 5.10 Å². The first-order valence-corrected chi connectivity index (χ1v) is 5.66. The summed E-state index contributed by atoms with van der Waals surface area (Å²) in [7, 11) is 1.29. The fraction of sp³-hybridized carbons (Fsp3) is 0.286. The van der Waals surface area contributed by atoms with Gasteiger partial charge in [0.15, 0.2) is 5.69 Å². The maximum Gasteiger partial charge on any atom is 0.434 e. The number of halogens is 4. The highest BCUT2D eigenvalue weighted by Gasteiger charge is 2.37. The first-order chi connectivity index (χ1) is 7.84. The Balaban J connectivity index is 2.82. The average molecular weight is 330 g/mol. The van der Waals surface area contributed by atoms with E-state index in [-0.39, 0.29) is 10.2 Å². The number of rotatable bonds is 1. The van der Waals surface area contributed by atoms with Crippen LogP contribution in [0.25, 0.3) is 4.96 Å². The molecule has 0 aliphatic rings. The minimum Gasteiger partial charge on any atom is -0.472 e. The van der Waals surface area contributed by atoms with Crippen molar-refractivity contribution in [2.75, 3.05) is 7.11 Å². The van der Waals surface area contributed by atoms with E-state index < -0.39 is 21.9 Å². The zero-order chi connectivity index (χ0) is 12.8. The molecular formula is C7H3BrF3N3O2S. The molecule has 0 aliphatic carbocycles. The Labute approximate surface area is 104 Å². The molecule has 17 heavy (non-hydrogen) atoms. The summed E-state index contributed by atoms with van der Waals surface area (Å²) in [5.41, 5.74) is -2.20. The van der Waals surface area contributed by atoms with Crippen LogP contribution in [-0.4, -0.2) is 21.7 Å². The summed E-state index contributed by atoms with van der Waals surface area (Å²) in [5, 5.41) is 3.71. The van der Waals surface area contributed by atoms with Crippen molar-refractivity contribution in [3.63, 3.8) is 0 Å². The van der Waals surface area contributed by atoms with Crippen LogP contribution in [0.4, 0.5) is 13.2 Å². The summed E-state index contributed by atoms with van der Waals surface area (Å²) in [5.74, 6) is 0. The Kier molecular flexibility index (Phi) is 2.86. The van der Waals surface area contributed by atoms with Crippen molar-refractivity contribution >= 4 is 32.2 Å². The van der Waals surface area contributed by atoms with E-state index in [9.17, 15) is 18.0 Å². The van der Waals surface area contributed by atoms with Gasteiger partial charge < -0.3 is 4.74 Å². The van der Waals surface area contributed by atoms with E-state index in [0.29, 0.717) is 0 Å². The molecule has 0 bridgehead atoms. The Morgan fingerprint density at radius 1 is 1.47 bits per heavy atom. The molecule has 2 aromatic heterocycles. The van der Waals surface area contributed by atoms with Gasteiger partial charge in [-0.05, 0) is 27.3 Å². The highest BCUT2D eigenvalue weighted by molar-refractivity contribution is 9.10. The van der Waals surface area contributed by atoms with Gasteiger partial charge in [-0.2, -0.15) is 17.7 Å². The molecule has 0 N–H and O–H groups in total. The molecule has 0 saturated carbocycles.